The Kier molecular flexibility index (Phi) is 5.59. The molecule has 0 unspecified atom stereocenters. The van der Waals surface area contributed by atoms with E-state index in [-0.39, 0.29) is 24.0 Å². The van der Waals surface area contributed by atoms with Crippen LogP contribution in [0.1, 0.15) is 39.7 Å². The topological polar surface area (TPSA) is 70.3 Å². The first-order valence-corrected chi connectivity index (χ1v) is 8.00. The second-order valence-corrected chi connectivity index (χ2v) is 6.33. The molecular weight excluding hydrogens is 309 g/mol. The molecule has 2 N–H and O–H groups in total. The van der Waals surface area contributed by atoms with E-state index in [4.69, 9.17) is 15.2 Å². The molecule has 1 aromatic carbocycles. The van der Waals surface area contributed by atoms with Crippen molar-refractivity contribution in [3.8, 4) is 11.8 Å². The van der Waals surface area contributed by atoms with Gasteiger partial charge in [-0.15, -0.1) is 0 Å². The van der Waals surface area contributed by atoms with Crippen molar-refractivity contribution in [2.75, 3.05) is 5.73 Å². The number of hydrogen-bond acceptors (Lipinski definition) is 5. The molecule has 0 spiro atoms. The highest BCUT2D eigenvalue weighted by Crippen LogP contribution is 2.27. The Labute approximate surface area is 142 Å². The van der Waals surface area contributed by atoms with Crippen LogP contribution in [0.5, 0.6) is 11.8 Å². The summed E-state index contributed by atoms with van der Waals surface area (Å²) >= 11 is 0. The maximum Gasteiger partial charge on any atom is 0.318 e. The first kappa shape index (κ1) is 18.0. The Bertz CT molecular complexity index is 674. The quantitative estimate of drug-likeness (QED) is 0.830. The minimum atomic E-state index is -0.659. The first-order chi connectivity index (χ1) is 11.3. The molecule has 5 nitrogen and oxygen atoms in total. The number of nitrogen functional groups attached to an aromatic ring is 1. The Balaban J connectivity index is 1.95. The predicted octanol–water partition coefficient (Wildman–Crippen LogP) is 3.98. The number of anilines is 1. The molecule has 1 aromatic heterocycles. The fourth-order valence-electron chi connectivity index (χ4n) is 2.13. The van der Waals surface area contributed by atoms with Gasteiger partial charge >= 0.3 is 6.01 Å². The van der Waals surface area contributed by atoms with E-state index in [1.54, 1.807) is 0 Å². The fourth-order valence-corrected chi connectivity index (χ4v) is 2.13. The summed E-state index contributed by atoms with van der Waals surface area (Å²) in [7, 11) is 0. The summed E-state index contributed by atoms with van der Waals surface area (Å²) in [5.74, 6) is 0.372. The molecule has 1 heterocycles. The summed E-state index contributed by atoms with van der Waals surface area (Å²) in [5, 5.41) is 0. The highest BCUT2D eigenvalue weighted by atomic mass is 19.1. The lowest BCUT2D eigenvalue weighted by Crippen LogP contribution is -2.35. The molecule has 0 saturated carbocycles. The number of nitrogens with two attached hydrogens (primary N) is 1. The van der Waals surface area contributed by atoms with Gasteiger partial charge in [0.05, 0.1) is 6.20 Å². The van der Waals surface area contributed by atoms with Crippen LogP contribution in [-0.4, -0.2) is 15.6 Å². The standard InChI is InChI=1S/C18H24FN3O2/c1-5-12(2)18(3,4)24-14-8-6-13(7-9-14)11-23-17-21-10-15(19)16(20)22-17/h6-10,12H,5,11H2,1-4H3,(H2,20,21,22)/t12-/m1/s1. The molecule has 0 bridgehead atoms. The van der Waals surface area contributed by atoms with Gasteiger partial charge in [0.1, 0.15) is 18.0 Å². The summed E-state index contributed by atoms with van der Waals surface area (Å²) in [4.78, 5) is 7.46. The molecule has 130 valence electrons. The van der Waals surface area contributed by atoms with Crippen molar-refractivity contribution in [2.24, 2.45) is 5.92 Å². The van der Waals surface area contributed by atoms with Gasteiger partial charge in [-0.3, -0.25) is 0 Å². The second-order valence-electron chi connectivity index (χ2n) is 6.33. The van der Waals surface area contributed by atoms with Crippen LogP contribution in [0.15, 0.2) is 30.5 Å². The Morgan fingerprint density at radius 3 is 2.50 bits per heavy atom. The number of ether oxygens (including phenoxy) is 2. The molecule has 2 aromatic rings. The van der Waals surface area contributed by atoms with Gasteiger partial charge in [-0.1, -0.05) is 26.0 Å². The highest BCUT2D eigenvalue weighted by molar-refractivity contribution is 5.30. The van der Waals surface area contributed by atoms with Crippen molar-refractivity contribution < 1.29 is 13.9 Å². The monoisotopic (exact) mass is 333 g/mol. The number of aromatic nitrogens is 2. The maximum atomic E-state index is 13.0. The van der Waals surface area contributed by atoms with E-state index in [1.807, 2.05) is 24.3 Å². The molecule has 0 amide bonds. The van der Waals surface area contributed by atoms with E-state index in [0.717, 1.165) is 23.9 Å². The third-order valence-corrected chi connectivity index (χ3v) is 4.22. The summed E-state index contributed by atoms with van der Waals surface area (Å²) in [6.45, 7) is 8.78. The van der Waals surface area contributed by atoms with Gasteiger partial charge in [-0.2, -0.15) is 4.98 Å². The van der Waals surface area contributed by atoms with E-state index in [9.17, 15) is 4.39 Å². The van der Waals surface area contributed by atoms with E-state index < -0.39 is 5.82 Å². The van der Waals surface area contributed by atoms with Crippen LogP contribution >= 0.6 is 0 Å². The third-order valence-electron chi connectivity index (χ3n) is 4.22. The molecule has 6 heteroatoms. The van der Waals surface area contributed by atoms with Crippen molar-refractivity contribution in [3.05, 3.63) is 41.8 Å². The number of benzene rings is 1. The number of nitrogens with zero attached hydrogens (tertiary/aromatic N) is 2. The van der Waals surface area contributed by atoms with Crippen molar-refractivity contribution in [2.45, 2.75) is 46.3 Å². The Hall–Kier alpha value is -2.37. The third kappa shape index (κ3) is 4.57. The number of halogens is 1. The van der Waals surface area contributed by atoms with Crippen LogP contribution in [0, 0.1) is 11.7 Å². The van der Waals surface area contributed by atoms with Crippen molar-refractivity contribution in [3.63, 3.8) is 0 Å². The van der Waals surface area contributed by atoms with E-state index in [1.165, 1.54) is 0 Å². The largest absolute Gasteiger partial charge is 0.488 e. The fraction of sp³-hybridized carbons (Fsp3) is 0.444. The average molecular weight is 333 g/mol. The lowest BCUT2D eigenvalue weighted by molar-refractivity contribution is 0.0500. The van der Waals surface area contributed by atoms with Crippen LogP contribution in [-0.2, 0) is 6.61 Å². The zero-order valence-electron chi connectivity index (χ0n) is 14.5. The molecule has 0 aliphatic carbocycles. The number of rotatable bonds is 7. The van der Waals surface area contributed by atoms with Crippen molar-refractivity contribution in [1.82, 2.24) is 9.97 Å². The van der Waals surface area contributed by atoms with Gasteiger partial charge in [0.15, 0.2) is 11.6 Å². The molecule has 2 rings (SSSR count). The van der Waals surface area contributed by atoms with Gasteiger partial charge in [0.2, 0.25) is 0 Å². The summed E-state index contributed by atoms with van der Waals surface area (Å²) in [6.07, 6.45) is 2.05. The van der Waals surface area contributed by atoms with Crippen LogP contribution in [0.4, 0.5) is 10.2 Å². The van der Waals surface area contributed by atoms with E-state index in [0.29, 0.717) is 5.92 Å². The smallest absolute Gasteiger partial charge is 0.318 e. The van der Waals surface area contributed by atoms with Crippen LogP contribution < -0.4 is 15.2 Å². The summed E-state index contributed by atoms with van der Waals surface area (Å²) in [5.41, 5.74) is 6.08. The predicted molar refractivity (Wildman–Crippen MR) is 91.3 cm³/mol. The van der Waals surface area contributed by atoms with Gasteiger partial charge in [0, 0.05) is 0 Å². The molecule has 0 aliphatic rings. The van der Waals surface area contributed by atoms with Crippen LogP contribution in [0.3, 0.4) is 0 Å². The lowest BCUT2D eigenvalue weighted by atomic mass is 9.90. The normalized spacial score (nSPS) is 12.7. The molecule has 0 saturated heterocycles. The minimum absolute atomic E-state index is 0.0483. The van der Waals surface area contributed by atoms with Crippen LogP contribution in [0.25, 0.3) is 0 Å². The molecule has 1 atom stereocenters. The zero-order chi connectivity index (χ0) is 17.7. The van der Waals surface area contributed by atoms with Gasteiger partial charge < -0.3 is 15.2 Å². The Morgan fingerprint density at radius 1 is 1.25 bits per heavy atom. The maximum absolute atomic E-state index is 13.0. The molecule has 0 aliphatic heterocycles. The molecule has 0 fully saturated rings. The van der Waals surface area contributed by atoms with Gasteiger partial charge in [0.25, 0.3) is 0 Å². The van der Waals surface area contributed by atoms with E-state index in [2.05, 4.69) is 37.7 Å². The van der Waals surface area contributed by atoms with Crippen molar-refractivity contribution >= 4 is 5.82 Å². The molecule has 0 radical (unpaired) electrons. The molecule has 24 heavy (non-hydrogen) atoms. The number of hydrogen-bond donors (Lipinski definition) is 1. The average Bonchev–Trinajstić information content (AvgIpc) is 2.56. The lowest BCUT2D eigenvalue weighted by Gasteiger charge is -2.32. The SMILES string of the molecule is CC[C@@H](C)C(C)(C)Oc1ccc(COc2ncc(F)c(N)n2)cc1. The Morgan fingerprint density at radius 2 is 1.92 bits per heavy atom. The van der Waals surface area contributed by atoms with Gasteiger partial charge in [-0.05, 0) is 43.9 Å². The van der Waals surface area contributed by atoms with Gasteiger partial charge in [-0.25, -0.2) is 9.37 Å². The second kappa shape index (κ2) is 7.47. The first-order valence-electron chi connectivity index (χ1n) is 8.00. The zero-order valence-corrected chi connectivity index (χ0v) is 14.5. The minimum Gasteiger partial charge on any atom is -0.488 e. The van der Waals surface area contributed by atoms with Crippen molar-refractivity contribution in [1.29, 1.82) is 0 Å². The summed E-state index contributed by atoms with van der Waals surface area (Å²) < 4.78 is 24.5. The van der Waals surface area contributed by atoms with E-state index >= 15 is 0 Å². The van der Waals surface area contributed by atoms with Crippen LogP contribution in [0.2, 0.25) is 0 Å². The highest BCUT2D eigenvalue weighted by Gasteiger charge is 2.26. The summed E-state index contributed by atoms with van der Waals surface area (Å²) in [6, 6.07) is 7.68. The molecular formula is C18H24FN3O2.